The average Bonchev–Trinajstić information content (AvgIpc) is 2.65. The normalized spacial score (nSPS) is 13.1. The Hall–Kier alpha value is -3.27. The lowest BCUT2D eigenvalue weighted by atomic mass is 10.2. The molecule has 10 heteroatoms. The number of fused-ring (bicyclic) bond motifs is 1. The lowest BCUT2D eigenvalue weighted by Gasteiger charge is -2.23. The van der Waals surface area contributed by atoms with E-state index in [1.165, 1.54) is 22.9 Å². The standard InChI is InChI=1S/C21H24N4O5S/c1-13(23-20(27)30-21(2,3)4)18-24-15-9-6-10-16(31(5,28)29)17(15)19(26)25(18)14-8-7-11-22-12-14/h6-13H,1-5H3,(H,23,27)/t13-/m0/s1. The molecule has 3 aromatic rings. The second-order valence-electron chi connectivity index (χ2n) is 8.11. The van der Waals surface area contributed by atoms with E-state index in [0.717, 1.165) is 6.26 Å². The Balaban J connectivity index is 2.26. The van der Waals surface area contributed by atoms with Gasteiger partial charge < -0.3 is 10.1 Å². The minimum absolute atomic E-state index is 0.0259. The third kappa shape index (κ3) is 4.91. The number of aromatic nitrogens is 3. The molecule has 1 aromatic carbocycles. The first-order chi connectivity index (χ1) is 14.4. The van der Waals surface area contributed by atoms with Crippen molar-refractivity contribution in [3.8, 4) is 5.69 Å². The first-order valence-corrected chi connectivity index (χ1v) is 11.4. The van der Waals surface area contributed by atoms with Crippen LogP contribution in [0.15, 0.2) is 52.4 Å². The van der Waals surface area contributed by atoms with Gasteiger partial charge in [0.25, 0.3) is 5.56 Å². The van der Waals surface area contributed by atoms with Crippen LogP contribution in [0.5, 0.6) is 0 Å². The maximum absolute atomic E-state index is 13.5. The second-order valence-corrected chi connectivity index (χ2v) is 10.1. The van der Waals surface area contributed by atoms with E-state index in [9.17, 15) is 18.0 Å². The topological polar surface area (TPSA) is 120 Å². The lowest BCUT2D eigenvalue weighted by molar-refractivity contribution is 0.0505. The predicted octanol–water partition coefficient (Wildman–Crippen LogP) is 2.77. The molecule has 0 aliphatic carbocycles. The fourth-order valence-electron chi connectivity index (χ4n) is 3.10. The van der Waals surface area contributed by atoms with E-state index in [1.807, 2.05) is 0 Å². The van der Waals surface area contributed by atoms with Crippen molar-refractivity contribution in [1.29, 1.82) is 0 Å². The van der Waals surface area contributed by atoms with Gasteiger partial charge in [0.2, 0.25) is 0 Å². The number of amides is 1. The molecular formula is C21H24N4O5S. The number of nitrogens with zero attached hydrogens (tertiary/aromatic N) is 3. The van der Waals surface area contributed by atoms with E-state index >= 15 is 0 Å². The van der Waals surface area contributed by atoms with E-state index in [-0.39, 0.29) is 21.6 Å². The van der Waals surface area contributed by atoms with E-state index in [0.29, 0.717) is 5.69 Å². The van der Waals surface area contributed by atoms with E-state index in [1.54, 1.807) is 52.1 Å². The summed E-state index contributed by atoms with van der Waals surface area (Å²) in [5.41, 5.74) is -0.681. The van der Waals surface area contributed by atoms with Crippen LogP contribution >= 0.6 is 0 Å². The van der Waals surface area contributed by atoms with Gasteiger partial charge in [0.1, 0.15) is 11.4 Å². The zero-order valence-corrected chi connectivity index (χ0v) is 18.7. The largest absolute Gasteiger partial charge is 0.444 e. The molecule has 0 radical (unpaired) electrons. The Morgan fingerprint density at radius 1 is 1.19 bits per heavy atom. The molecule has 0 aliphatic rings. The van der Waals surface area contributed by atoms with Crippen LogP contribution < -0.4 is 10.9 Å². The first kappa shape index (κ1) is 22.4. The fourth-order valence-corrected chi connectivity index (χ4v) is 3.99. The van der Waals surface area contributed by atoms with Crippen molar-refractivity contribution in [2.45, 2.75) is 44.2 Å². The fraction of sp³-hybridized carbons (Fsp3) is 0.333. The molecule has 164 valence electrons. The van der Waals surface area contributed by atoms with Gasteiger partial charge in [0.15, 0.2) is 9.84 Å². The molecule has 9 nitrogen and oxygen atoms in total. The number of carbonyl (C=O) groups is 1. The molecule has 0 aliphatic heterocycles. The molecule has 31 heavy (non-hydrogen) atoms. The second kappa shape index (κ2) is 8.10. The smallest absolute Gasteiger partial charge is 0.408 e. The number of rotatable bonds is 4. The van der Waals surface area contributed by atoms with E-state index < -0.39 is 33.1 Å². The van der Waals surface area contributed by atoms with Crippen molar-refractivity contribution in [2.75, 3.05) is 6.26 Å². The van der Waals surface area contributed by atoms with Crippen LogP contribution in [0.4, 0.5) is 4.79 Å². The van der Waals surface area contributed by atoms with Crippen molar-refractivity contribution >= 4 is 26.8 Å². The number of pyridine rings is 1. The van der Waals surface area contributed by atoms with Crippen LogP contribution in [0.2, 0.25) is 0 Å². The number of alkyl carbamates (subject to hydrolysis) is 1. The minimum Gasteiger partial charge on any atom is -0.444 e. The summed E-state index contributed by atoms with van der Waals surface area (Å²) in [5, 5.41) is 2.65. The highest BCUT2D eigenvalue weighted by molar-refractivity contribution is 7.91. The Labute approximate surface area is 180 Å². The molecule has 0 spiro atoms. The molecule has 0 bridgehead atoms. The Kier molecular flexibility index (Phi) is 5.86. The molecule has 2 aromatic heterocycles. The molecule has 0 saturated heterocycles. The number of hydrogen-bond acceptors (Lipinski definition) is 7. The lowest BCUT2D eigenvalue weighted by Crippen LogP contribution is -2.37. The summed E-state index contributed by atoms with van der Waals surface area (Å²) >= 11 is 0. The summed E-state index contributed by atoms with van der Waals surface area (Å²) in [6.07, 6.45) is 3.38. The van der Waals surface area contributed by atoms with Crippen molar-refractivity contribution in [1.82, 2.24) is 19.9 Å². The third-order valence-corrected chi connectivity index (χ3v) is 5.45. The third-order valence-electron chi connectivity index (χ3n) is 4.31. The summed E-state index contributed by atoms with van der Waals surface area (Å²) in [6, 6.07) is 7.02. The maximum atomic E-state index is 13.5. The van der Waals surface area contributed by atoms with Gasteiger partial charge in [-0.15, -0.1) is 0 Å². The van der Waals surface area contributed by atoms with E-state index in [2.05, 4.69) is 15.3 Å². The Morgan fingerprint density at radius 3 is 2.48 bits per heavy atom. The van der Waals surface area contributed by atoms with Crippen LogP contribution in [0.25, 0.3) is 16.6 Å². The Bertz CT molecular complexity index is 1300. The number of sulfone groups is 1. The van der Waals surface area contributed by atoms with Crippen LogP contribution in [0.1, 0.15) is 39.6 Å². The maximum Gasteiger partial charge on any atom is 0.408 e. The van der Waals surface area contributed by atoms with Gasteiger partial charge in [-0.25, -0.2) is 18.2 Å². The van der Waals surface area contributed by atoms with Gasteiger partial charge in [-0.1, -0.05) is 6.07 Å². The summed E-state index contributed by atoms with van der Waals surface area (Å²) in [7, 11) is -3.68. The highest BCUT2D eigenvalue weighted by Gasteiger charge is 2.25. The SMILES string of the molecule is C[C@H](NC(=O)OC(C)(C)C)c1nc2cccc(S(C)(=O)=O)c2c(=O)n1-c1cccnc1. The van der Waals surface area contributed by atoms with Gasteiger partial charge in [-0.05, 0) is 52.0 Å². The van der Waals surface area contributed by atoms with Gasteiger partial charge in [0, 0.05) is 12.5 Å². The first-order valence-electron chi connectivity index (χ1n) is 9.54. The molecule has 1 atom stereocenters. The number of hydrogen-bond donors (Lipinski definition) is 1. The monoisotopic (exact) mass is 444 g/mol. The van der Waals surface area contributed by atoms with Crippen molar-refractivity contribution in [3.05, 3.63) is 58.9 Å². The summed E-state index contributed by atoms with van der Waals surface area (Å²) in [4.78, 5) is 34.3. The highest BCUT2D eigenvalue weighted by Crippen LogP contribution is 2.23. The van der Waals surface area contributed by atoms with Crippen LogP contribution in [0, 0.1) is 0 Å². The average molecular weight is 445 g/mol. The number of carbonyl (C=O) groups excluding carboxylic acids is 1. The van der Waals surface area contributed by atoms with Gasteiger partial charge in [0.05, 0.1) is 33.7 Å². The summed E-state index contributed by atoms with van der Waals surface area (Å²) in [5.74, 6) is 0.210. The van der Waals surface area contributed by atoms with Crippen molar-refractivity contribution in [2.24, 2.45) is 0 Å². The summed E-state index contributed by atoms with van der Waals surface area (Å²) in [6.45, 7) is 6.88. The molecule has 0 saturated carbocycles. The summed E-state index contributed by atoms with van der Waals surface area (Å²) < 4.78 is 31.1. The van der Waals surface area contributed by atoms with Gasteiger partial charge >= 0.3 is 6.09 Å². The quantitative estimate of drug-likeness (QED) is 0.657. The molecule has 3 rings (SSSR count). The van der Waals surface area contributed by atoms with Crippen LogP contribution in [-0.2, 0) is 14.6 Å². The van der Waals surface area contributed by atoms with Crippen LogP contribution in [-0.4, -0.2) is 40.9 Å². The van der Waals surface area contributed by atoms with Gasteiger partial charge in [-0.3, -0.25) is 14.3 Å². The predicted molar refractivity (Wildman–Crippen MR) is 116 cm³/mol. The zero-order chi connectivity index (χ0) is 23.0. The van der Waals surface area contributed by atoms with Gasteiger partial charge in [-0.2, -0.15) is 0 Å². The zero-order valence-electron chi connectivity index (χ0n) is 17.9. The number of ether oxygens (including phenoxy) is 1. The minimum atomic E-state index is -3.68. The Morgan fingerprint density at radius 2 is 1.90 bits per heavy atom. The molecule has 1 N–H and O–H groups in total. The van der Waals surface area contributed by atoms with Crippen molar-refractivity contribution in [3.63, 3.8) is 0 Å². The van der Waals surface area contributed by atoms with Crippen molar-refractivity contribution < 1.29 is 17.9 Å². The molecular weight excluding hydrogens is 420 g/mol. The molecule has 2 heterocycles. The molecule has 0 fully saturated rings. The van der Waals surface area contributed by atoms with E-state index in [4.69, 9.17) is 4.74 Å². The molecule has 1 amide bonds. The molecule has 0 unspecified atom stereocenters. The highest BCUT2D eigenvalue weighted by atomic mass is 32.2. The number of nitrogens with one attached hydrogen (secondary N) is 1. The number of benzene rings is 1. The van der Waals surface area contributed by atoms with Crippen LogP contribution in [0.3, 0.4) is 0 Å².